The molecule has 2 aromatic rings. The van der Waals surface area contributed by atoms with E-state index in [0.29, 0.717) is 16.8 Å². The van der Waals surface area contributed by atoms with Gasteiger partial charge in [-0.15, -0.1) is 0 Å². The molecule has 1 aliphatic carbocycles. The SMILES string of the molecule is Cn1nc(C2CCC2)c2c(O)nc(C(N)=O)cc21. The minimum absolute atomic E-state index is 0.0585. The van der Waals surface area contributed by atoms with Crippen molar-refractivity contribution in [2.24, 2.45) is 12.8 Å². The van der Waals surface area contributed by atoms with Crippen LogP contribution in [0.25, 0.3) is 10.9 Å². The van der Waals surface area contributed by atoms with Crippen molar-refractivity contribution in [3.8, 4) is 5.88 Å². The fraction of sp³-hybridized carbons (Fsp3) is 0.417. The highest BCUT2D eigenvalue weighted by Gasteiger charge is 2.27. The third-order valence-corrected chi connectivity index (χ3v) is 3.59. The number of pyridine rings is 1. The molecule has 6 nitrogen and oxygen atoms in total. The van der Waals surface area contributed by atoms with E-state index in [-0.39, 0.29) is 11.6 Å². The van der Waals surface area contributed by atoms with E-state index in [1.165, 1.54) is 6.42 Å². The Morgan fingerprint density at radius 3 is 2.83 bits per heavy atom. The van der Waals surface area contributed by atoms with Crippen molar-refractivity contribution in [3.05, 3.63) is 17.5 Å². The van der Waals surface area contributed by atoms with Gasteiger partial charge in [0.15, 0.2) is 0 Å². The number of aromatic nitrogens is 3. The largest absolute Gasteiger partial charge is 0.493 e. The van der Waals surface area contributed by atoms with Crippen molar-refractivity contribution < 1.29 is 9.90 Å². The summed E-state index contributed by atoms with van der Waals surface area (Å²) in [4.78, 5) is 15.0. The number of hydrogen-bond donors (Lipinski definition) is 2. The van der Waals surface area contributed by atoms with Crippen molar-refractivity contribution >= 4 is 16.8 Å². The molecule has 3 rings (SSSR count). The number of primary amides is 1. The van der Waals surface area contributed by atoms with Crippen LogP contribution in [0, 0.1) is 0 Å². The zero-order valence-electron chi connectivity index (χ0n) is 10.1. The second-order valence-electron chi connectivity index (χ2n) is 4.73. The van der Waals surface area contributed by atoms with Crippen LogP contribution in [0.2, 0.25) is 0 Å². The predicted octanol–water partition coefficient (Wildman–Crippen LogP) is 1.04. The summed E-state index contributed by atoms with van der Waals surface area (Å²) in [5.41, 5.74) is 6.81. The number of nitrogens with two attached hydrogens (primary N) is 1. The molecule has 0 bridgehead atoms. The van der Waals surface area contributed by atoms with Gasteiger partial charge in [0.1, 0.15) is 5.69 Å². The molecule has 2 aromatic heterocycles. The molecule has 0 aliphatic heterocycles. The maximum Gasteiger partial charge on any atom is 0.267 e. The van der Waals surface area contributed by atoms with Gasteiger partial charge >= 0.3 is 0 Å². The molecule has 2 heterocycles. The minimum atomic E-state index is -0.654. The van der Waals surface area contributed by atoms with E-state index in [1.807, 2.05) is 0 Å². The van der Waals surface area contributed by atoms with Crippen LogP contribution in [-0.2, 0) is 7.05 Å². The first kappa shape index (κ1) is 11.0. The summed E-state index contributed by atoms with van der Waals surface area (Å²) >= 11 is 0. The Bertz CT molecular complexity index is 643. The van der Waals surface area contributed by atoms with Gasteiger partial charge in [-0.3, -0.25) is 9.48 Å². The van der Waals surface area contributed by atoms with Gasteiger partial charge in [0.2, 0.25) is 5.88 Å². The Labute approximate surface area is 103 Å². The minimum Gasteiger partial charge on any atom is -0.493 e. The monoisotopic (exact) mass is 246 g/mol. The first-order valence-electron chi connectivity index (χ1n) is 5.94. The molecule has 6 heteroatoms. The number of carbonyl (C=O) groups excluding carboxylic acids is 1. The van der Waals surface area contributed by atoms with E-state index in [2.05, 4.69) is 10.1 Å². The van der Waals surface area contributed by atoms with Gasteiger partial charge in [-0.25, -0.2) is 4.98 Å². The molecule has 0 atom stereocenters. The van der Waals surface area contributed by atoms with Crippen LogP contribution in [0.3, 0.4) is 0 Å². The summed E-state index contributed by atoms with van der Waals surface area (Å²) in [6.07, 6.45) is 3.36. The Morgan fingerprint density at radius 2 is 2.28 bits per heavy atom. The van der Waals surface area contributed by atoms with Crippen LogP contribution in [0.4, 0.5) is 0 Å². The molecule has 0 radical (unpaired) electrons. The first-order chi connectivity index (χ1) is 8.58. The summed E-state index contributed by atoms with van der Waals surface area (Å²) in [5, 5.41) is 15.1. The molecule has 3 N–H and O–H groups in total. The lowest BCUT2D eigenvalue weighted by Gasteiger charge is -2.23. The van der Waals surface area contributed by atoms with Gasteiger partial charge in [-0.05, 0) is 18.9 Å². The maximum absolute atomic E-state index is 11.1. The predicted molar refractivity (Wildman–Crippen MR) is 65.3 cm³/mol. The van der Waals surface area contributed by atoms with Gasteiger partial charge in [0.05, 0.1) is 16.6 Å². The summed E-state index contributed by atoms with van der Waals surface area (Å²) in [7, 11) is 1.79. The van der Waals surface area contributed by atoms with Crippen molar-refractivity contribution in [1.29, 1.82) is 0 Å². The number of aryl methyl sites for hydroxylation is 1. The molecule has 1 aliphatic rings. The number of amides is 1. The van der Waals surface area contributed by atoms with Crippen LogP contribution in [0.1, 0.15) is 41.4 Å². The van der Waals surface area contributed by atoms with Crippen LogP contribution < -0.4 is 5.73 Å². The fourth-order valence-corrected chi connectivity index (χ4v) is 2.38. The molecule has 0 spiro atoms. The van der Waals surface area contributed by atoms with E-state index in [1.54, 1.807) is 17.8 Å². The van der Waals surface area contributed by atoms with Gasteiger partial charge in [-0.1, -0.05) is 6.42 Å². The van der Waals surface area contributed by atoms with E-state index in [4.69, 9.17) is 5.73 Å². The zero-order chi connectivity index (χ0) is 12.9. The van der Waals surface area contributed by atoms with Gasteiger partial charge in [0, 0.05) is 13.0 Å². The van der Waals surface area contributed by atoms with E-state index >= 15 is 0 Å². The van der Waals surface area contributed by atoms with Gasteiger partial charge in [-0.2, -0.15) is 5.10 Å². The Balaban J connectivity index is 2.26. The number of nitrogens with zero attached hydrogens (tertiary/aromatic N) is 3. The average Bonchev–Trinajstić information content (AvgIpc) is 2.54. The van der Waals surface area contributed by atoms with Crippen molar-refractivity contribution in [3.63, 3.8) is 0 Å². The lowest BCUT2D eigenvalue weighted by atomic mass is 9.82. The standard InChI is InChI=1S/C12H14N4O2/c1-16-8-5-7(11(13)17)14-12(18)9(8)10(15-16)6-3-2-4-6/h5-6H,2-4H2,1H3,(H2,13,17)(H,14,18). The molecule has 0 saturated heterocycles. The normalized spacial score (nSPS) is 15.8. The Morgan fingerprint density at radius 1 is 1.56 bits per heavy atom. The first-order valence-corrected chi connectivity index (χ1v) is 5.94. The number of fused-ring (bicyclic) bond motifs is 1. The van der Waals surface area contributed by atoms with E-state index in [0.717, 1.165) is 18.5 Å². The summed E-state index contributed by atoms with van der Waals surface area (Å²) in [6.45, 7) is 0. The number of aromatic hydroxyl groups is 1. The molecule has 1 fully saturated rings. The summed E-state index contributed by atoms with van der Waals surface area (Å²) in [5.74, 6) is -0.421. The summed E-state index contributed by atoms with van der Waals surface area (Å²) in [6, 6.07) is 1.58. The van der Waals surface area contributed by atoms with Gasteiger partial charge < -0.3 is 10.8 Å². The maximum atomic E-state index is 11.1. The van der Waals surface area contributed by atoms with Crippen molar-refractivity contribution in [2.45, 2.75) is 25.2 Å². The quantitative estimate of drug-likeness (QED) is 0.827. The highest BCUT2D eigenvalue weighted by molar-refractivity contribution is 5.97. The second-order valence-corrected chi connectivity index (χ2v) is 4.73. The average molecular weight is 246 g/mol. The zero-order valence-corrected chi connectivity index (χ0v) is 10.1. The lowest BCUT2D eigenvalue weighted by molar-refractivity contribution is 0.0995. The smallest absolute Gasteiger partial charge is 0.267 e. The molecule has 1 amide bonds. The van der Waals surface area contributed by atoms with Crippen LogP contribution in [0.15, 0.2) is 6.07 Å². The molecule has 18 heavy (non-hydrogen) atoms. The van der Waals surface area contributed by atoms with Crippen molar-refractivity contribution in [1.82, 2.24) is 14.8 Å². The third-order valence-electron chi connectivity index (χ3n) is 3.59. The van der Waals surface area contributed by atoms with Crippen LogP contribution >= 0.6 is 0 Å². The number of rotatable bonds is 2. The van der Waals surface area contributed by atoms with Crippen molar-refractivity contribution in [2.75, 3.05) is 0 Å². The van der Waals surface area contributed by atoms with Gasteiger partial charge in [0.25, 0.3) is 5.91 Å². The molecular weight excluding hydrogens is 232 g/mol. The molecular formula is C12H14N4O2. The number of carbonyl (C=O) groups is 1. The topological polar surface area (TPSA) is 94.0 Å². The second kappa shape index (κ2) is 3.69. The van der Waals surface area contributed by atoms with Crippen LogP contribution in [-0.4, -0.2) is 25.8 Å². The highest BCUT2D eigenvalue weighted by Crippen LogP contribution is 2.41. The molecule has 0 aromatic carbocycles. The fourth-order valence-electron chi connectivity index (χ4n) is 2.38. The third kappa shape index (κ3) is 1.45. The Hall–Kier alpha value is -2.11. The lowest BCUT2D eigenvalue weighted by Crippen LogP contribution is -2.13. The number of hydrogen-bond acceptors (Lipinski definition) is 4. The summed E-state index contributed by atoms with van der Waals surface area (Å²) < 4.78 is 1.66. The van der Waals surface area contributed by atoms with E-state index in [9.17, 15) is 9.90 Å². The highest BCUT2D eigenvalue weighted by atomic mass is 16.3. The van der Waals surface area contributed by atoms with Crippen LogP contribution in [0.5, 0.6) is 5.88 Å². The molecule has 94 valence electrons. The molecule has 0 unspecified atom stereocenters. The molecule has 1 saturated carbocycles. The Kier molecular flexibility index (Phi) is 2.26. The van der Waals surface area contributed by atoms with E-state index < -0.39 is 5.91 Å².